The van der Waals surface area contributed by atoms with Crippen LogP contribution in [0.4, 0.5) is 4.79 Å². The van der Waals surface area contributed by atoms with E-state index in [0.29, 0.717) is 24.8 Å². The van der Waals surface area contributed by atoms with Crippen LogP contribution in [0.2, 0.25) is 0 Å². The van der Waals surface area contributed by atoms with Gasteiger partial charge in [-0.1, -0.05) is 19.8 Å². The minimum absolute atomic E-state index is 0.0255. The monoisotopic (exact) mass is 298 g/mol. The summed E-state index contributed by atoms with van der Waals surface area (Å²) in [6, 6.07) is 0.0255. The number of carboxylic acids is 1. The standard InChI is InChI=1S/C16H30N2O3/c1-3-13(8-9-15(19)20)10-11-17-16(21)18(4-2)12-14-6-5-7-14/h13-14H,3-12H2,1-2H3,(H,17,21)(H,19,20). The number of carboxylic acid groups (broad SMARTS) is 1. The van der Waals surface area contributed by atoms with Gasteiger partial charge in [0.2, 0.25) is 0 Å². The molecular weight excluding hydrogens is 268 g/mol. The molecule has 5 nitrogen and oxygen atoms in total. The molecule has 1 atom stereocenters. The molecule has 21 heavy (non-hydrogen) atoms. The van der Waals surface area contributed by atoms with E-state index >= 15 is 0 Å². The lowest BCUT2D eigenvalue weighted by Crippen LogP contribution is -2.44. The Morgan fingerprint density at radius 2 is 2.00 bits per heavy atom. The summed E-state index contributed by atoms with van der Waals surface area (Å²) in [6.45, 7) is 6.35. The molecule has 1 fully saturated rings. The van der Waals surface area contributed by atoms with Crippen molar-refractivity contribution in [2.24, 2.45) is 11.8 Å². The summed E-state index contributed by atoms with van der Waals surface area (Å²) in [7, 11) is 0. The first kappa shape index (κ1) is 17.8. The molecule has 122 valence electrons. The van der Waals surface area contributed by atoms with E-state index in [4.69, 9.17) is 5.11 Å². The molecule has 0 spiro atoms. The number of amides is 2. The Labute approximate surface area is 128 Å². The van der Waals surface area contributed by atoms with E-state index in [1.807, 2.05) is 11.8 Å². The van der Waals surface area contributed by atoms with E-state index < -0.39 is 5.97 Å². The number of rotatable bonds is 10. The lowest BCUT2D eigenvalue weighted by Gasteiger charge is -2.32. The number of carbonyl (C=O) groups is 2. The molecule has 1 aliphatic carbocycles. The summed E-state index contributed by atoms with van der Waals surface area (Å²) in [6.07, 6.45) is 6.52. The largest absolute Gasteiger partial charge is 0.481 e. The molecule has 0 bridgehead atoms. The molecule has 2 amide bonds. The maximum atomic E-state index is 12.1. The molecule has 2 N–H and O–H groups in total. The normalized spacial score (nSPS) is 16.1. The molecular formula is C16H30N2O3. The minimum Gasteiger partial charge on any atom is -0.481 e. The summed E-state index contributed by atoms with van der Waals surface area (Å²) in [4.78, 5) is 24.6. The Kier molecular flexibility index (Phi) is 8.16. The van der Waals surface area contributed by atoms with E-state index in [1.165, 1.54) is 19.3 Å². The van der Waals surface area contributed by atoms with Crippen molar-refractivity contribution in [2.45, 2.75) is 58.8 Å². The Hall–Kier alpha value is -1.26. The highest BCUT2D eigenvalue weighted by atomic mass is 16.4. The fraction of sp³-hybridized carbons (Fsp3) is 0.875. The van der Waals surface area contributed by atoms with Crippen molar-refractivity contribution in [3.8, 4) is 0 Å². The van der Waals surface area contributed by atoms with Crippen LogP contribution in [0.25, 0.3) is 0 Å². The molecule has 1 unspecified atom stereocenters. The maximum Gasteiger partial charge on any atom is 0.317 e. The van der Waals surface area contributed by atoms with Crippen molar-refractivity contribution in [2.75, 3.05) is 19.6 Å². The summed E-state index contributed by atoms with van der Waals surface area (Å²) in [5, 5.41) is 11.7. The van der Waals surface area contributed by atoms with Gasteiger partial charge in [-0.15, -0.1) is 0 Å². The minimum atomic E-state index is -0.741. The van der Waals surface area contributed by atoms with Crippen LogP contribution in [0.5, 0.6) is 0 Å². The lowest BCUT2D eigenvalue weighted by molar-refractivity contribution is -0.137. The van der Waals surface area contributed by atoms with E-state index in [9.17, 15) is 9.59 Å². The molecule has 0 aromatic carbocycles. The van der Waals surface area contributed by atoms with Gasteiger partial charge in [0.15, 0.2) is 0 Å². The van der Waals surface area contributed by atoms with Gasteiger partial charge in [0.05, 0.1) is 0 Å². The number of hydrogen-bond acceptors (Lipinski definition) is 2. The zero-order valence-corrected chi connectivity index (χ0v) is 13.4. The summed E-state index contributed by atoms with van der Waals surface area (Å²) in [5.41, 5.74) is 0. The molecule has 0 aromatic heterocycles. The number of nitrogens with zero attached hydrogens (tertiary/aromatic N) is 1. The molecule has 1 saturated carbocycles. The van der Waals surface area contributed by atoms with Crippen molar-refractivity contribution in [3.05, 3.63) is 0 Å². The van der Waals surface area contributed by atoms with Crippen molar-refractivity contribution in [1.29, 1.82) is 0 Å². The molecule has 0 aromatic rings. The Morgan fingerprint density at radius 3 is 2.48 bits per heavy atom. The topological polar surface area (TPSA) is 69.6 Å². The van der Waals surface area contributed by atoms with E-state index in [-0.39, 0.29) is 12.5 Å². The molecule has 0 saturated heterocycles. The zero-order valence-electron chi connectivity index (χ0n) is 13.4. The van der Waals surface area contributed by atoms with Crippen molar-refractivity contribution >= 4 is 12.0 Å². The van der Waals surface area contributed by atoms with Gasteiger partial charge in [0.1, 0.15) is 0 Å². The Bertz CT molecular complexity index is 329. The summed E-state index contributed by atoms with van der Waals surface area (Å²) in [5.74, 6) is 0.327. The van der Waals surface area contributed by atoms with Gasteiger partial charge in [-0.25, -0.2) is 4.79 Å². The van der Waals surface area contributed by atoms with Crippen LogP contribution >= 0.6 is 0 Å². The fourth-order valence-electron chi connectivity index (χ4n) is 2.72. The molecule has 5 heteroatoms. The van der Waals surface area contributed by atoms with Gasteiger partial charge in [-0.05, 0) is 44.4 Å². The summed E-state index contributed by atoms with van der Waals surface area (Å²) >= 11 is 0. The first-order chi connectivity index (χ1) is 10.1. The number of aliphatic carboxylic acids is 1. The number of urea groups is 1. The van der Waals surface area contributed by atoms with Gasteiger partial charge in [-0.2, -0.15) is 0 Å². The SMILES string of the molecule is CCC(CCNC(=O)N(CC)CC1CCC1)CCC(=O)O. The lowest BCUT2D eigenvalue weighted by atomic mass is 9.85. The fourth-order valence-corrected chi connectivity index (χ4v) is 2.72. The third-order valence-electron chi connectivity index (χ3n) is 4.54. The average Bonchev–Trinajstić information content (AvgIpc) is 2.41. The third kappa shape index (κ3) is 6.82. The smallest absolute Gasteiger partial charge is 0.317 e. The molecule has 1 aliphatic rings. The third-order valence-corrected chi connectivity index (χ3v) is 4.54. The van der Waals surface area contributed by atoms with Gasteiger partial charge in [-0.3, -0.25) is 4.79 Å². The highest BCUT2D eigenvalue weighted by molar-refractivity contribution is 5.74. The second kappa shape index (κ2) is 9.64. The first-order valence-electron chi connectivity index (χ1n) is 8.31. The quantitative estimate of drug-likeness (QED) is 0.651. The Balaban J connectivity index is 2.21. The maximum absolute atomic E-state index is 12.1. The van der Waals surface area contributed by atoms with Crippen LogP contribution in [0.15, 0.2) is 0 Å². The van der Waals surface area contributed by atoms with E-state index in [0.717, 1.165) is 25.9 Å². The van der Waals surface area contributed by atoms with E-state index in [2.05, 4.69) is 12.2 Å². The first-order valence-corrected chi connectivity index (χ1v) is 8.31. The van der Waals surface area contributed by atoms with Crippen LogP contribution in [0.1, 0.15) is 58.8 Å². The summed E-state index contributed by atoms with van der Waals surface area (Å²) < 4.78 is 0. The highest BCUT2D eigenvalue weighted by Gasteiger charge is 2.22. The highest BCUT2D eigenvalue weighted by Crippen LogP contribution is 2.27. The molecule has 1 rings (SSSR count). The van der Waals surface area contributed by atoms with Crippen molar-refractivity contribution in [1.82, 2.24) is 10.2 Å². The van der Waals surface area contributed by atoms with Gasteiger partial charge in [0, 0.05) is 26.1 Å². The zero-order chi connectivity index (χ0) is 15.7. The number of hydrogen-bond donors (Lipinski definition) is 2. The van der Waals surface area contributed by atoms with Crippen LogP contribution in [0, 0.1) is 11.8 Å². The van der Waals surface area contributed by atoms with Crippen molar-refractivity contribution in [3.63, 3.8) is 0 Å². The van der Waals surface area contributed by atoms with Crippen LogP contribution in [-0.2, 0) is 4.79 Å². The second-order valence-electron chi connectivity index (χ2n) is 6.06. The van der Waals surface area contributed by atoms with Crippen molar-refractivity contribution < 1.29 is 14.7 Å². The molecule has 0 radical (unpaired) electrons. The Morgan fingerprint density at radius 1 is 1.29 bits per heavy atom. The molecule has 0 heterocycles. The number of carbonyl (C=O) groups excluding carboxylic acids is 1. The molecule has 0 aliphatic heterocycles. The van der Waals surface area contributed by atoms with Crippen LogP contribution in [0.3, 0.4) is 0 Å². The number of nitrogens with one attached hydrogen (secondary N) is 1. The second-order valence-corrected chi connectivity index (χ2v) is 6.06. The van der Waals surface area contributed by atoms with Crippen LogP contribution in [-0.4, -0.2) is 41.6 Å². The average molecular weight is 298 g/mol. The van der Waals surface area contributed by atoms with Crippen LogP contribution < -0.4 is 5.32 Å². The van der Waals surface area contributed by atoms with Gasteiger partial charge >= 0.3 is 12.0 Å². The predicted molar refractivity (Wildman–Crippen MR) is 83.3 cm³/mol. The predicted octanol–water partition coefficient (Wildman–Crippen LogP) is 3.10. The van der Waals surface area contributed by atoms with Gasteiger partial charge < -0.3 is 15.3 Å². The van der Waals surface area contributed by atoms with Gasteiger partial charge in [0.25, 0.3) is 0 Å². The van der Waals surface area contributed by atoms with E-state index in [1.54, 1.807) is 0 Å².